The summed E-state index contributed by atoms with van der Waals surface area (Å²) in [6.07, 6.45) is 0. The summed E-state index contributed by atoms with van der Waals surface area (Å²) in [4.78, 5) is 0.904. The molecule has 15 heavy (non-hydrogen) atoms. The molecular formula is C12H18O2S. The van der Waals surface area contributed by atoms with E-state index < -0.39 is 10.8 Å². The molecule has 0 heterocycles. The third-order valence-corrected chi connectivity index (χ3v) is 4.42. The number of benzene rings is 1. The van der Waals surface area contributed by atoms with Gasteiger partial charge in [0.1, 0.15) is 0 Å². The Hall–Kier alpha value is -0.670. The van der Waals surface area contributed by atoms with Gasteiger partial charge in [0, 0.05) is 4.90 Å². The quantitative estimate of drug-likeness (QED) is 0.856. The second kappa shape index (κ2) is 4.90. The highest BCUT2D eigenvalue weighted by atomic mass is 32.2. The molecule has 0 saturated heterocycles. The number of hydrogen-bond donors (Lipinski definition) is 1. The molecule has 0 saturated carbocycles. The van der Waals surface area contributed by atoms with Crippen LogP contribution in [0.4, 0.5) is 0 Å². The number of aliphatic hydroxyl groups is 1. The van der Waals surface area contributed by atoms with E-state index in [1.165, 1.54) is 11.1 Å². The van der Waals surface area contributed by atoms with Crippen LogP contribution in [0.25, 0.3) is 0 Å². The monoisotopic (exact) mass is 226 g/mol. The van der Waals surface area contributed by atoms with Gasteiger partial charge in [0.15, 0.2) is 0 Å². The molecule has 1 aromatic rings. The van der Waals surface area contributed by atoms with Crippen molar-refractivity contribution in [3.63, 3.8) is 0 Å². The summed E-state index contributed by atoms with van der Waals surface area (Å²) in [6, 6.07) is 2.12. The Morgan fingerprint density at radius 2 is 1.60 bits per heavy atom. The fourth-order valence-electron chi connectivity index (χ4n) is 1.71. The predicted octanol–water partition coefficient (Wildman–Crippen LogP) is 2.02. The zero-order valence-electron chi connectivity index (χ0n) is 9.76. The molecule has 0 fully saturated rings. The van der Waals surface area contributed by atoms with E-state index in [4.69, 9.17) is 5.11 Å². The van der Waals surface area contributed by atoms with Crippen LogP contribution in [-0.2, 0) is 10.8 Å². The lowest BCUT2D eigenvalue weighted by Gasteiger charge is -2.14. The highest BCUT2D eigenvalue weighted by Gasteiger charge is 2.13. The highest BCUT2D eigenvalue weighted by molar-refractivity contribution is 7.85. The average molecular weight is 226 g/mol. The summed E-state index contributed by atoms with van der Waals surface area (Å²) >= 11 is 0. The topological polar surface area (TPSA) is 37.3 Å². The van der Waals surface area contributed by atoms with Gasteiger partial charge >= 0.3 is 0 Å². The van der Waals surface area contributed by atoms with E-state index in [0.717, 1.165) is 16.0 Å². The van der Waals surface area contributed by atoms with Crippen molar-refractivity contribution in [2.75, 3.05) is 12.4 Å². The van der Waals surface area contributed by atoms with Crippen LogP contribution in [0, 0.1) is 27.7 Å². The Morgan fingerprint density at radius 1 is 1.13 bits per heavy atom. The molecule has 0 aliphatic carbocycles. The minimum absolute atomic E-state index is 0.0293. The fraction of sp³-hybridized carbons (Fsp3) is 0.500. The summed E-state index contributed by atoms with van der Waals surface area (Å²) in [5.74, 6) is 0.324. The van der Waals surface area contributed by atoms with Gasteiger partial charge < -0.3 is 5.11 Å². The molecule has 0 radical (unpaired) electrons. The Morgan fingerprint density at radius 3 is 2.00 bits per heavy atom. The third kappa shape index (κ3) is 2.47. The van der Waals surface area contributed by atoms with Crippen LogP contribution in [0.5, 0.6) is 0 Å². The predicted molar refractivity (Wildman–Crippen MR) is 63.8 cm³/mol. The number of aryl methyl sites for hydroxylation is 2. The maximum atomic E-state index is 11.9. The van der Waals surface area contributed by atoms with Gasteiger partial charge in [0.05, 0.1) is 23.2 Å². The summed E-state index contributed by atoms with van der Waals surface area (Å²) < 4.78 is 11.9. The van der Waals surface area contributed by atoms with Crippen molar-refractivity contribution in [3.05, 3.63) is 28.3 Å². The first-order valence-electron chi connectivity index (χ1n) is 5.05. The van der Waals surface area contributed by atoms with Gasteiger partial charge in [-0.3, -0.25) is 4.21 Å². The Balaban J connectivity index is 3.32. The lowest BCUT2D eigenvalue weighted by Crippen LogP contribution is -2.08. The van der Waals surface area contributed by atoms with Crippen molar-refractivity contribution in [2.24, 2.45) is 0 Å². The van der Waals surface area contributed by atoms with E-state index in [-0.39, 0.29) is 6.61 Å². The molecule has 0 aliphatic rings. The first kappa shape index (κ1) is 12.4. The second-order valence-corrected chi connectivity index (χ2v) is 5.37. The van der Waals surface area contributed by atoms with Crippen LogP contribution in [0.3, 0.4) is 0 Å². The summed E-state index contributed by atoms with van der Waals surface area (Å²) in [5.41, 5.74) is 4.51. The van der Waals surface area contributed by atoms with Crippen LogP contribution in [0.15, 0.2) is 11.0 Å². The zero-order chi connectivity index (χ0) is 11.6. The van der Waals surface area contributed by atoms with Crippen molar-refractivity contribution in [1.82, 2.24) is 0 Å². The standard InChI is InChI=1S/C12H18O2S/c1-8-7-9(2)11(4)12(10(8)3)15(14)6-5-13/h7,13H,5-6H2,1-4H3. The molecule has 1 unspecified atom stereocenters. The van der Waals surface area contributed by atoms with Gasteiger partial charge in [-0.2, -0.15) is 0 Å². The minimum Gasteiger partial charge on any atom is -0.395 e. The van der Waals surface area contributed by atoms with Gasteiger partial charge in [-0.15, -0.1) is 0 Å². The SMILES string of the molecule is Cc1cc(C)c(C)c(S(=O)CCO)c1C. The van der Waals surface area contributed by atoms with Crippen molar-refractivity contribution in [3.8, 4) is 0 Å². The van der Waals surface area contributed by atoms with E-state index in [9.17, 15) is 4.21 Å². The lowest BCUT2D eigenvalue weighted by molar-refractivity contribution is 0.321. The van der Waals surface area contributed by atoms with E-state index in [1.54, 1.807) is 0 Å². The first-order valence-corrected chi connectivity index (χ1v) is 6.37. The molecule has 0 aliphatic heterocycles. The maximum absolute atomic E-state index is 11.9. The summed E-state index contributed by atoms with van der Waals surface area (Å²) in [6.45, 7) is 8.01. The number of rotatable bonds is 3. The van der Waals surface area contributed by atoms with E-state index in [1.807, 2.05) is 27.7 Å². The fourth-order valence-corrected chi connectivity index (χ4v) is 3.08. The van der Waals surface area contributed by atoms with Gasteiger partial charge in [-0.05, 0) is 49.9 Å². The Bertz CT molecular complexity index is 371. The zero-order valence-corrected chi connectivity index (χ0v) is 10.6. The third-order valence-electron chi connectivity index (χ3n) is 2.80. The minimum atomic E-state index is -1.08. The largest absolute Gasteiger partial charge is 0.395 e. The lowest BCUT2D eigenvalue weighted by atomic mass is 10.0. The average Bonchev–Trinajstić information content (AvgIpc) is 2.16. The second-order valence-electron chi connectivity index (χ2n) is 3.86. The van der Waals surface area contributed by atoms with Crippen LogP contribution < -0.4 is 0 Å². The number of hydrogen-bond acceptors (Lipinski definition) is 2. The first-order chi connectivity index (χ1) is 6.99. The molecular weight excluding hydrogens is 208 g/mol. The highest BCUT2D eigenvalue weighted by Crippen LogP contribution is 2.24. The van der Waals surface area contributed by atoms with E-state index >= 15 is 0 Å². The van der Waals surface area contributed by atoms with Gasteiger partial charge in [0.2, 0.25) is 0 Å². The van der Waals surface area contributed by atoms with Crippen molar-refractivity contribution in [1.29, 1.82) is 0 Å². The molecule has 0 aromatic heterocycles. The van der Waals surface area contributed by atoms with Crippen LogP contribution in [-0.4, -0.2) is 21.7 Å². The smallest absolute Gasteiger partial charge is 0.0558 e. The number of aliphatic hydroxyl groups excluding tert-OH is 1. The maximum Gasteiger partial charge on any atom is 0.0558 e. The molecule has 1 rings (SSSR count). The molecule has 84 valence electrons. The van der Waals surface area contributed by atoms with Crippen molar-refractivity contribution >= 4 is 10.8 Å². The normalized spacial score (nSPS) is 12.9. The Labute approximate surface area is 93.8 Å². The molecule has 0 bridgehead atoms. The molecule has 0 spiro atoms. The van der Waals surface area contributed by atoms with Gasteiger partial charge in [-0.1, -0.05) is 6.07 Å². The Kier molecular flexibility index (Phi) is 4.05. The molecule has 0 amide bonds. The van der Waals surface area contributed by atoms with E-state index in [2.05, 4.69) is 6.07 Å². The molecule has 2 nitrogen and oxygen atoms in total. The molecule has 1 N–H and O–H groups in total. The molecule has 3 heteroatoms. The van der Waals surface area contributed by atoms with Crippen LogP contribution in [0.1, 0.15) is 22.3 Å². The summed E-state index contributed by atoms with van der Waals surface area (Å²) in [7, 11) is -1.08. The van der Waals surface area contributed by atoms with E-state index in [0.29, 0.717) is 5.75 Å². The molecule has 1 atom stereocenters. The van der Waals surface area contributed by atoms with Crippen molar-refractivity contribution < 1.29 is 9.32 Å². The van der Waals surface area contributed by atoms with Gasteiger partial charge in [-0.25, -0.2) is 0 Å². The van der Waals surface area contributed by atoms with Crippen molar-refractivity contribution in [2.45, 2.75) is 32.6 Å². The molecule has 1 aromatic carbocycles. The summed E-state index contributed by atoms with van der Waals surface area (Å²) in [5, 5.41) is 8.83. The van der Waals surface area contributed by atoms with Crippen LogP contribution in [0.2, 0.25) is 0 Å². The van der Waals surface area contributed by atoms with Gasteiger partial charge in [0.25, 0.3) is 0 Å². The van der Waals surface area contributed by atoms with Crippen LogP contribution >= 0.6 is 0 Å².